The summed E-state index contributed by atoms with van der Waals surface area (Å²) in [6.45, 7) is 7.68. The van der Waals surface area contributed by atoms with Gasteiger partial charge < -0.3 is 19.7 Å². The minimum absolute atomic E-state index is 0.0126. The predicted octanol–water partition coefficient (Wildman–Crippen LogP) is 3.57. The van der Waals surface area contributed by atoms with Crippen LogP contribution in [0.25, 0.3) is 0 Å². The van der Waals surface area contributed by atoms with Gasteiger partial charge in [0.15, 0.2) is 6.61 Å². The smallest absolute Gasteiger partial charge is 0.260 e. The fourth-order valence-electron chi connectivity index (χ4n) is 3.72. The van der Waals surface area contributed by atoms with Crippen LogP contribution in [0.2, 0.25) is 0 Å². The third kappa shape index (κ3) is 6.48. The molecule has 1 fully saturated rings. The van der Waals surface area contributed by atoms with E-state index in [1.807, 2.05) is 62.1 Å². The van der Waals surface area contributed by atoms with E-state index in [9.17, 15) is 9.59 Å². The van der Waals surface area contributed by atoms with E-state index in [-0.39, 0.29) is 24.5 Å². The Labute approximate surface area is 184 Å². The Balaban J connectivity index is 1.36. The third-order valence-electron chi connectivity index (χ3n) is 5.77. The van der Waals surface area contributed by atoms with Gasteiger partial charge in [0.2, 0.25) is 5.91 Å². The average molecular weight is 425 g/mol. The second-order valence-electron chi connectivity index (χ2n) is 8.08. The molecule has 6 heteroatoms. The van der Waals surface area contributed by atoms with Crippen LogP contribution in [0.15, 0.2) is 42.5 Å². The van der Waals surface area contributed by atoms with Crippen molar-refractivity contribution in [2.75, 3.05) is 26.3 Å². The van der Waals surface area contributed by atoms with Crippen LogP contribution < -0.4 is 14.8 Å². The molecule has 0 atom stereocenters. The van der Waals surface area contributed by atoms with Crippen molar-refractivity contribution in [1.29, 1.82) is 0 Å². The zero-order valence-electron chi connectivity index (χ0n) is 18.6. The summed E-state index contributed by atoms with van der Waals surface area (Å²) >= 11 is 0. The van der Waals surface area contributed by atoms with Gasteiger partial charge in [-0.15, -0.1) is 0 Å². The SMILES string of the molecule is Cc1ccc(C)c(OCC(=O)N2CCC(NC(=O)CCOc3ccccc3)CC2)c1C. The largest absolute Gasteiger partial charge is 0.493 e. The number of hydrogen-bond acceptors (Lipinski definition) is 4. The van der Waals surface area contributed by atoms with Crippen molar-refractivity contribution in [2.45, 2.75) is 46.1 Å². The van der Waals surface area contributed by atoms with Gasteiger partial charge in [0.1, 0.15) is 11.5 Å². The highest BCUT2D eigenvalue weighted by molar-refractivity contribution is 5.78. The number of rotatable bonds is 8. The molecule has 31 heavy (non-hydrogen) atoms. The number of nitrogens with zero attached hydrogens (tertiary/aromatic N) is 1. The Morgan fingerprint density at radius 3 is 2.35 bits per heavy atom. The van der Waals surface area contributed by atoms with Gasteiger partial charge in [-0.25, -0.2) is 0 Å². The molecule has 1 saturated heterocycles. The van der Waals surface area contributed by atoms with Crippen LogP contribution in [0.3, 0.4) is 0 Å². The molecule has 1 heterocycles. The van der Waals surface area contributed by atoms with Gasteiger partial charge in [-0.1, -0.05) is 30.3 Å². The van der Waals surface area contributed by atoms with Crippen LogP contribution in [-0.4, -0.2) is 49.1 Å². The number of amides is 2. The summed E-state index contributed by atoms with van der Waals surface area (Å²) in [7, 11) is 0. The van der Waals surface area contributed by atoms with Crippen LogP contribution in [0.5, 0.6) is 11.5 Å². The topological polar surface area (TPSA) is 67.9 Å². The molecule has 0 aliphatic carbocycles. The molecule has 2 aromatic rings. The first kappa shape index (κ1) is 22.7. The normalized spacial score (nSPS) is 14.2. The number of ether oxygens (including phenoxy) is 2. The molecule has 2 aromatic carbocycles. The van der Waals surface area contributed by atoms with Gasteiger partial charge in [-0.3, -0.25) is 9.59 Å². The summed E-state index contributed by atoms with van der Waals surface area (Å²) in [6, 6.07) is 13.6. The van der Waals surface area contributed by atoms with Crippen LogP contribution >= 0.6 is 0 Å². The molecule has 0 bridgehead atoms. The lowest BCUT2D eigenvalue weighted by molar-refractivity contribution is -0.134. The van der Waals surface area contributed by atoms with E-state index in [1.165, 1.54) is 0 Å². The third-order valence-corrected chi connectivity index (χ3v) is 5.77. The Bertz CT molecular complexity index is 890. The van der Waals surface area contributed by atoms with E-state index in [0.717, 1.165) is 41.0 Å². The number of nitrogens with one attached hydrogen (secondary N) is 1. The lowest BCUT2D eigenvalue weighted by Gasteiger charge is -2.32. The summed E-state index contributed by atoms with van der Waals surface area (Å²) in [5.41, 5.74) is 3.26. The molecular weight excluding hydrogens is 392 g/mol. The number of benzene rings is 2. The van der Waals surface area contributed by atoms with E-state index < -0.39 is 0 Å². The number of likely N-dealkylation sites (tertiary alicyclic amines) is 1. The summed E-state index contributed by atoms with van der Waals surface area (Å²) in [5.74, 6) is 1.53. The number of carbonyl (C=O) groups excluding carboxylic acids is 2. The number of piperidine rings is 1. The first-order valence-corrected chi connectivity index (χ1v) is 10.9. The zero-order valence-corrected chi connectivity index (χ0v) is 18.6. The highest BCUT2D eigenvalue weighted by Gasteiger charge is 2.24. The van der Waals surface area contributed by atoms with Crippen LogP contribution in [-0.2, 0) is 9.59 Å². The van der Waals surface area contributed by atoms with Gasteiger partial charge >= 0.3 is 0 Å². The summed E-state index contributed by atoms with van der Waals surface area (Å²) in [6.07, 6.45) is 1.82. The number of hydrogen-bond donors (Lipinski definition) is 1. The highest BCUT2D eigenvalue weighted by atomic mass is 16.5. The quantitative estimate of drug-likeness (QED) is 0.704. The molecule has 1 aliphatic heterocycles. The summed E-state index contributed by atoms with van der Waals surface area (Å²) < 4.78 is 11.4. The van der Waals surface area contributed by atoms with Crippen molar-refractivity contribution >= 4 is 11.8 Å². The first-order valence-electron chi connectivity index (χ1n) is 10.9. The summed E-state index contributed by atoms with van der Waals surface area (Å²) in [5, 5.41) is 3.06. The number of para-hydroxylation sites is 1. The number of aryl methyl sites for hydroxylation is 2. The van der Waals surface area contributed by atoms with Crippen LogP contribution in [0.4, 0.5) is 0 Å². The molecule has 2 amide bonds. The predicted molar refractivity (Wildman–Crippen MR) is 120 cm³/mol. The molecule has 0 radical (unpaired) electrons. The second-order valence-corrected chi connectivity index (χ2v) is 8.08. The highest BCUT2D eigenvalue weighted by Crippen LogP contribution is 2.25. The van der Waals surface area contributed by atoms with E-state index in [0.29, 0.717) is 26.1 Å². The van der Waals surface area contributed by atoms with Crippen molar-refractivity contribution in [3.63, 3.8) is 0 Å². The lowest BCUT2D eigenvalue weighted by Crippen LogP contribution is -2.47. The van der Waals surface area contributed by atoms with Gasteiger partial charge in [0.25, 0.3) is 5.91 Å². The first-order chi connectivity index (χ1) is 14.9. The maximum absolute atomic E-state index is 12.6. The Kier molecular flexibility index (Phi) is 7.93. The molecule has 3 rings (SSSR count). The Morgan fingerprint density at radius 2 is 1.65 bits per heavy atom. The molecule has 0 unspecified atom stereocenters. The van der Waals surface area contributed by atoms with Gasteiger partial charge in [0, 0.05) is 19.1 Å². The molecule has 0 aromatic heterocycles. The number of carbonyl (C=O) groups is 2. The Hall–Kier alpha value is -3.02. The standard InChI is InChI=1S/C25H32N2O4/c1-18-9-10-19(2)25(20(18)3)31-17-24(29)27-14-11-21(12-15-27)26-23(28)13-16-30-22-7-5-4-6-8-22/h4-10,21H,11-17H2,1-3H3,(H,26,28). The monoisotopic (exact) mass is 424 g/mol. The molecule has 1 N–H and O–H groups in total. The molecule has 1 aliphatic rings. The van der Waals surface area contributed by atoms with Crippen molar-refractivity contribution in [3.8, 4) is 11.5 Å². The van der Waals surface area contributed by atoms with Crippen molar-refractivity contribution < 1.29 is 19.1 Å². The van der Waals surface area contributed by atoms with E-state index in [1.54, 1.807) is 0 Å². The molecule has 166 valence electrons. The fourth-order valence-corrected chi connectivity index (χ4v) is 3.72. The van der Waals surface area contributed by atoms with E-state index >= 15 is 0 Å². The van der Waals surface area contributed by atoms with Crippen molar-refractivity contribution in [1.82, 2.24) is 10.2 Å². The maximum Gasteiger partial charge on any atom is 0.260 e. The molecular formula is C25H32N2O4. The molecule has 6 nitrogen and oxygen atoms in total. The minimum atomic E-state index is -0.0190. The van der Waals surface area contributed by atoms with Gasteiger partial charge in [0.05, 0.1) is 13.0 Å². The average Bonchev–Trinajstić information content (AvgIpc) is 2.77. The summed E-state index contributed by atoms with van der Waals surface area (Å²) in [4.78, 5) is 26.6. The van der Waals surface area contributed by atoms with Crippen LogP contribution in [0, 0.1) is 20.8 Å². The lowest BCUT2D eigenvalue weighted by atomic mass is 10.0. The van der Waals surface area contributed by atoms with Gasteiger partial charge in [-0.05, 0) is 62.4 Å². The van der Waals surface area contributed by atoms with Crippen molar-refractivity contribution in [2.24, 2.45) is 0 Å². The van der Waals surface area contributed by atoms with Gasteiger partial charge in [-0.2, -0.15) is 0 Å². The molecule has 0 saturated carbocycles. The minimum Gasteiger partial charge on any atom is -0.493 e. The van der Waals surface area contributed by atoms with Crippen LogP contribution in [0.1, 0.15) is 36.0 Å². The maximum atomic E-state index is 12.6. The molecule has 0 spiro atoms. The van der Waals surface area contributed by atoms with E-state index in [4.69, 9.17) is 9.47 Å². The zero-order chi connectivity index (χ0) is 22.2. The van der Waals surface area contributed by atoms with Crippen molar-refractivity contribution in [3.05, 3.63) is 59.2 Å². The Morgan fingerprint density at radius 1 is 0.968 bits per heavy atom. The fraction of sp³-hybridized carbons (Fsp3) is 0.440. The van der Waals surface area contributed by atoms with E-state index in [2.05, 4.69) is 11.4 Å². The second kappa shape index (κ2) is 10.8.